The van der Waals surface area contributed by atoms with E-state index in [1.165, 1.54) is 21.9 Å². The van der Waals surface area contributed by atoms with Crippen molar-refractivity contribution >= 4 is 34.1 Å². The number of nitrogens with two attached hydrogens (primary N) is 1. The topological polar surface area (TPSA) is 144 Å². The van der Waals surface area contributed by atoms with E-state index in [4.69, 9.17) is 10.8 Å². The number of aromatic nitrogens is 2. The van der Waals surface area contributed by atoms with Gasteiger partial charge in [-0.05, 0) is 0 Å². The fraction of sp³-hybridized carbons (Fsp3) is 0.182. The van der Waals surface area contributed by atoms with Crippen molar-refractivity contribution in [2.45, 2.75) is 12.5 Å². The van der Waals surface area contributed by atoms with E-state index in [2.05, 4.69) is 10.3 Å². The first kappa shape index (κ1) is 14.7. The van der Waals surface area contributed by atoms with E-state index >= 15 is 0 Å². The fourth-order valence-electron chi connectivity index (χ4n) is 1.62. The average Bonchev–Trinajstić information content (AvgIpc) is 2.86. The second-order valence-corrected chi connectivity index (χ2v) is 4.94. The van der Waals surface area contributed by atoms with Gasteiger partial charge in [0.15, 0.2) is 4.96 Å². The van der Waals surface area contributed by atoms with Crippen molar-refractivity contribution in [1.29, 1.82) is 0 Å². The van der Waals surface area contributed by atoms with Gasteiger partial charge in [-0.2, -0.15) is 0 Å². The van der Waals surface area contributed by atoms with Gasteiger partial charge in [-0.3, -0.25) is 18.8 Å². The maximum absolute atomic E-state index is 12.0. The Kier molecular flexibility index (Phi) is 3.98. The van der Waals surface area contributed by atoms with Crippen LogP contribution in [0.5, 0.6) is 0 Å². The van der Waals surface area contributed by atoms with Crippen LogP contribution in [-0.4, -0.2) is 38.3 Å². The Morgan fingerprint density at radius 3 is 2.81 bits per heavy atom. The molecule has 0 saturated carbocycles. The zero-order valence-electron chi connectivity index (χ0n) is 10.5. The molecule has 1 atom stereocenters. The Morgan fingerprint density at radius 1 is 1.48 bits per heavy atom. The third-order valence-corrected chi connectivity index (χ3v) is 3.37. The molecule has 4 N–H and O–H groups in total. The first-order valence-corrected chi connectivity index (χ1v) is 6.55. The van der Waals surface area contributed by atoms with E-state index in [9.17, 15) is 19.2 Å². The van der Waals surface area contributed by atoms with Gasteiger partial charge in [0.25, 0.3) is 11.5 Å². The summed E-state index contributed by atoms with van der Waals surface area (Å²) < 4.78 is 1.17. The Balaban J connectivity index is 2.29. The fourth-order valence-corrected chi connectivity index (χ4v) is 2.29. The third kappa shape index (κ3) is 3.05. The van der Waals surface area contributed by atoms with Gasteiger partial charge in [0.2, 0.25) is 5.91 Å². The predicted molar refractivity (Wildman–Crippen MR) is 72.0 cm³/mol. The van der Waals surface area contributed by atoms with Gasteiger partial charge >= 0.3 is 5.97 Å². The van der Waals surface area contributed by atoms with Crippen LogP contribution in [0.25, 0.3) is 4.96 Å². The largest absolute Gasteiger partial charge is 0.480 e. The lowest BCUT2D eigenvalue weighted by Gasteiger charge is -2.12. The number of thiazole rings is 1. The van der Waals surface area contributed by atoms with Crippen molar-refractivity contribution in [3.8, 4) is 0 Å². The SMILES string of the molecule is NC(=O)C[C@H](NC(=O)c1cnc2sccn2c1=O)C(=O)O. The Bertz CT molecular complexity index is 780. The number of primary amides is 1. The predicted octanol–water partition coefficient (Wildman–Crippen LogP) is -1.19. The Hall–Kier alpha value is -2.75. The summed E-state index contributed by atoms with van der Waals surface area (Å²) in [5.74, 6) is -3.24. The monoisotopic (exact) mass is 310 g/mol. The molecule has 0 aliphatic heterocycles. The van der Waals surface area contributed by atoms with Crippen LogP contribution in [0.2, 0.25) is 0 Å². The maximum Gasteiger partial charge on any atom is 0.326 e. The summed E-state index contributed by atoms with van der Waals surface area (Å²) in [5.41, 5.74) is 3.96. The molecule has 0 radical (unpaired) electrons. The summed E-state index contributed by atoms with van der Waals surface area (Å²) in [6.07, 6.45) is 1.94. The summed E-state index contributed by atoms with van der Waals surface area (Å²) in [6, 6.07) is -1.50. The van der Waals surface area contributed by atoms with Crippen LogP contribution >= 0.6 is 11.3 Å². The van der Waals surface area contributed by atoms with E-state index in [-0.39, 0.29) is 5.56 Å². The lowest BCUT2D eigenvalue weighted by molar-refractivity contribution is -0.140. The smallest absolute Gasteiger partial charge is 0.326 e. The average molecular weight is 310 g/mol. The van der Waals surface area contributed by atoms with Gasteiger partial charge in [0.1, 0.15) is 11.6 Å². The summed E-state index contributed by atoms with van der Waals surface area (Å²) in [7, 11) is 0. The molecule has 0 aromatic carbocycles. The highest BCUT2D eigenvalue weighted by Gasteiger charge is 2.24. The number of carboxylic acid groups (broad SMARTS) is 1. The van der Waals surface area contributed by atoms with E-state index in [1.54, 1.807) is 5.38 Å². The van der Waals surface area contributed by atoms with E-state index in [0.29, 0.717) is 4.96 Å². The van der Waals surface area contributed by atoms with Crippen molar-refractivity contribution in [1.82, 2.24) is 14.7 Å². The van der Waals surface area contributed by atoms with E-state index < -0.39 is 35.8 Å². The molecule has 0 aliphatic carbocycles. The van der Waals surface area contributed by atoms with Gasteiger partial charge in [-0.1, -0.05) is 0 Å². The number of carboxylic acids is 1. The maximum atomic E-state index is 12.0. The number of hydrogen-bond donors (Lipinski definition) is 3. The molecular weight excluding hydrogens is 300 g/mol. The lowest BCUT2D eigenvalue weighted by Crippen LogP contribution is -2.44. The number of nitrogens with one attached hydrogen (secondary N) is 1. The molecule has 0 unspecified atom stereocenters. The molecule has 0 spiro atoms. The minimum absolute atomic E-state index is 0.318. The summed E-state index contributed by atoms with van der Waals surface area (Å²) in [5, 5.41) is 12.6. The minimum atomic E-state index is -1.50. The molecule has 2 heterocycles. The number of nitrogens with zero attached hydrogens (tertiary/aromatic N) is 2. The van der Waals surface area contributed by atoms with Crippen LogP contribution in [-0.2, 0) is 9.59 Å². The summed E-state index contributed by atoms with van der Waals surface area (Å²) >= 11 is 1.21. The highest BCUT2D eigenvalue weighted by molar-refractivity contribution is 7.15. The van der Waals surface area contributed by atoms with Gasteiger partial charge in [-0.15, -0.1) is 11.3 Å². The molecule has 2 aromatic rings. The van der Waals surface area contributed by atoms with Crippen LogP contribution in [0, 0.1) is 0 Å². The number of fused-ring (bicyclic) bond motifs is 1. The third-order valence-electron chi connectivity index (χ3n) is 2.60. The van der Waals surface area contributed by atoms with Crippen molar-refractivity contribution in [2.75, 3.05) is 0 Å². The molecule has 2 aromatic heterocycles. The van der Waals surface area contributed by atoms with Crippen molar-refractivity contribution in [3.05, 3.63) is 33.7 Å². The molecule has 10 heteroatoms. The van der Waals surface area contributed by atoms with Crippen LogP contribution in [0.3, 0.4) is 0 Å². The number of carbonyl (C=O) groups excluding carboxylic acids is 2. The molecule has 0 saturated heterocycles. The van der Waals surface area contributed by atoms with Crippen molar-refractivity contribution < 1.29 is 19.5 Å². The quantitative estimate of drug-likeness (QED) is 0.633. The van der Waals surface area contributed by atoms with Crippen molar-refractivity contribution in [2.24, 2.45) is 5.73 Å². The van der Waals surface area contributed by atoms with Crippen LogP contribution < -0.4 is 16.6 Å². The number of hydrogen-bond acceptors (Lipinski definition) is 6. The first-order chi connectivity index (χ1) is 9.90. The van der Waals surface area contributed by atoms with Gasteiger partial charge in [-0.25, -0.2) is 9.78 Å². The molecule has 110 valence electrons. The highest BCUT2D eigenvalue weighted by atomic mass is 32.1. The van der Waals surface area contributed by atoms with Crippen LogP contribution in [0.15, 0.2) is 22.6 Å². The second kappa shape index (κ2) is 5.71. The standard InChI is InChI=1S/C11H10N4O5S/c12-7(16)3-6(10(19)20)14-8(17)5-4-13-11-15(9(5)18)1-2-21-11/h1-2,4,6H,3H2,(H2,12,16)(H,14,17)(H,19,20)/t6-/m0/s1. The highest BCUT2D eigenvalue weighted by Crippen LogP contribution is 2.06. The number of rotatable bonds is 5. The number of carbonyl (C=O) groups is 3. The van der Waals surface area contributed by atoms with Crippen LogP contribution in [0.4, 0.5) is 0 Å². The molecule has 0 aliphatic rings. The molecule has 21 heavy (non-hydrogen) atoms. The van der Waals surface area contributed by atoms with Gasteiger partial charge < -0.3 is 16.2 Å². The molecule has 9 nitrogen and oxygen atoms in total. The van der Waals surface area contributed by atoms with E-state index in [0.717, 1.165) is 6.20 Å². The molecule has 2 amide bonds. The summed E-state index contributed by atoms with van der Waals surface area (Å²) in [4.78, 5) is 50.0. The van der Waals surface area contributed by atoms with Crippen LogP contribution in [0.1, 0.15) is 16.8 Å². The molecular formula is C11H10N4O5S. The number of amides is 2. The Morgan fingerprint density at radius 2 is 2.19 bits per heavy atom. The Labute approximate surface area is 121 Å². The van der Waals surface area contributed by atoms with Gasteiger partial charge in [0, 0.05) is 17.8 Å². The number of aliphatic carboxylic acids is 1. The summed E-state index contributed by atoms with van der Waals surface area (Å²) in [6.45, 7) is 0. The van der Waals surface area contributed by atoms with E-state index in [1.807, 2.05) is 0 Å². The molecule has 0 fully saturated rings. The second-order valence-electron chi connectivity index (χ2n) is 4.07. The minimum Gasteiger partial charge on any atom is -0.480 e. The zero-order valence-corrected chi connectivity index (χ0v) is 11.3. The van der Waals surface area contributed by atoms with Gasteiger partial charge in [0.05, 0.1) is 6.42 Å². The van der Waals surface area contributed by atoms with Crippen molar-refractivity contribution in [3.63, 3.8) is 0 Å². The zero-order chi connectivity index (χ0) is 15.6. The normalized spacial score (nSPS) is 12.0. The first-order valence-electron chi connectivity index (χ1n) is 5.67. The molecule has 0 bridgehead atoms. The molecule has 2 rings (SSSR count). The lowest BCUT2D eigenvalue weighted by atomic mass is 10.2.